The molecule has 0 radical (unpaired) electrons. The first kappa shape index (κ1) is 14.8. The summed E-state index contributed by atoms with van der Waals surface area (Å²) in [5.74, 6) is -0.0237. The Bertz CT molecular complexity index is 624. The normalized spacial score (nSPS) is 22.0. The van der Waals surface area contributed by atoms with Gasteiger partial charge < -0.3 is 4.84 Å². The fourth-order valence-electron chi connectivity index (χ4n) is 3.10. The van der Waals surface area contributed by atoms with Crippen molar-refractivity contribution in [2.24, 2.45) is 11.8 Å². The molecule has 0 aromatic heterocycles. The highest BCUT2D eigenvalue weighted by molar-refractivity contribution is 5.75. The molecule has 0 saturated carbocycles. The number of rotatable bonds is 4. The summed E-state index contributed by atoms with van der Waals surface area (Å²) < 4.78 is 0. The van der Waals surface area contributed by atoms with E-state index in [-0.39, 0.29) is 23.8 Å². The molecule has 0 spiro atoms. The van der Waals surface area contributed by atoms with Gasteiger partial charge in [-0.15, -0.1) is 5.06 Å². The fourth-order valence-corrected chi connectivity index (χ4v) is 3.10. The van der Waals surface area contributed by atoms with Crippen LogP contribution in [0.15, 0.2) is 60.7 Å². The van der Waals surface area contributed by atoms with Crippen LogP contribution < -0.4 is 0 Å². The molecular weight excluding hydrogens is 274 g/mol. The molecule has 22 heavy (non-hydrogen) atoms. The van der Waals surface area contributed by atoms with Crippen LogP contribution in [0, 0.1) is 11.8 Å². The van der Waals surface area contributed by atoms with E-state index in [4.69, 9.17) is 4.84 Å². The highest BCUT2D eigenvalue weighted by Gasteiger charge is 2.45. The first-order valence-electron chi connectivity index (χ1n) is 7.74. The van der Waals surface area contributed by atoms with Crippen molar-refractivity contribution in [1.29, 1.82) is 0 Å². The van der Waals surface area contributed by atoms with Gasteiger partial charge in [0.2, 0.25) is 0 Å². The zero-order valence-electron chi connectivity index (χ0n) is 13.0. The van der Waals surface area contributed by atoms with Crippen LogP contribution in [0.2, 0.25) is 0 Å². The second-order valence-electron chi connectivity index (χ2n) is 6.10. The Morgan fingerprint density at radius 2 is 1.59 bits per heavy atom. The van der Waals surface area contributed by atoms with Gasteiger partial charge in [0.1, 0.15) is 0 Å². The molecule has 0 N–H and O–H groups in total. The minimum atomic E-state index is -0.133. The molecule has 3 heteroatoms. The third-order valence-electron chi connectivity index (χ3n) is 4.17. The van der Waals surface area contributed by atoms with Crippen molar-refractivity contribution in [2.45, 2.75) is 26.4 Å². The van der Waals surface area contributed by atoms with Crippen molar-refractivity contribution < 1.29 is 9.63 Å². The van der Waals surface area contributed by atoms with Crippen molar-refractivity contribution in [2.75, 3.05) is 0 Å². The van der Waals surface area contributed by atoms with E-state index in [1.807, 2.05) is 41.5 Å². The first-order valence-corrected chi connectivity index (χ1v) is 7.74. The molecule has 2 aromatic carbocycles. The summed E-state index contributed by atoms with van der Waals surface area (Å²) in [6.07, 6.45) is 0. The minimum absolute atomic E-state index is 0.0334. The molecule has 0 amide bonds. The summed E-state index contributed by atoms with van der Waals surface area (Å²) in [6, 6.07) is 20.2. The molecule has 1 aliphatic rings. The summed E-state index contributed by atoms with van der Waals surface area (Å²) in [6.45, 7) is 4.76. The summed E-state index contributed by atoms with van der Waals surface area (Å²) in [5.41, 5.74) is 2.27. The molecule has 0 bridgehead atoms. The molecule has 2 atom stereocenters. The van der Waals surface area contributed by atoms with E-state index in [9.17, 15) is 4.79 Å². The number of hydroxylamine groups is 2. The lowest BCUT2D eigenvalue weighted by Crippen LogP contribution is -2.26. The second-order valence-corrected chi connectivity index (χ2v) is 6.10. The highest BCUT2D eigenvalue weighted by atomic mass is 16.7. The third-order valence-corrected chi connectivity index (χ3v) is 4.17. The van der Waals surface area contributed by atoms with Crippen LogP contribution in [0.25, 0.3) is 0 Å². The summed E-state index contributed by atoms with van der Waals surface area (Å²) in [7, 11) is 0. The average molecular weight is 295 g/mol. The van der Waals surface area contributed by atoms with Crippen LogP contribution in [0.5, 0.6) is 0 Å². The van der Waals surface area contributed by atoms with Gasteiger partial charge in [-0.3, -0.25) is 0 Å². The lowest BCUT2D eigenvalue weighted by molar-refractivity contribution is -0.178. The molecule has 1 saturated heterocycles. The molecule has 114 valence electrons. The first-order chi connectivity index (χ1) is 10.7. The maximum Gasteiger partial charge on any atom is 0.330 e. The Balaban J connectivity index is 1.92. The SMILES string of the molecule is CC(C)C1C(=O)ON(Cc2ccccc2)C1c1ccccc1. The van der Waals surface area contributed by atoms with Gasteiger partial charge >= 0.3 is 5.97 Å². The predicted octanol–water partition coefficient (Wildman–Crippen LogP) is 3.97. The number of carbonyl (C=O) groups excluding carboxylic acids is 1. The van der Waals surface area contributed by atoms with Crippen LogP contribution in [-0.4, -0.2) is 11.0 Å². The molecule has 2 aromatic rings. The van der Waals surface area contributed by atoms with E-state index >= 15 is 0 Å². The van der Waals surface area contributed by atoms with E-state index in [0.717, 1.165) is 11.1 Å². The topological polar surface area (TPSA) is 29.5 Å². The molecule has 2 unspecified atom stereocenters. The minimum Gasteiger partial charge on any atom is -0.367 e. The average Bonchev–Trinajstić information content (AvgIpc) is 2.85. The standard InChI is InChI=1S/C19H21NO2/c1-14(2)17-18(16-11-7-4-8-12-16)20(22-19(17)21)13-15-9-5-3-6-10-15/h3-12,14,17-18H,13H2,1-2H3. The van der Waals surface area contributed by atoms with Crippen molar-refractivity contribution in [3.05, 3.63) is 71.8 Å². The zero-order chi connectivity index (χ0) is 15.5. The Kier molecular flexibility index (Phi) is 4.25. The molecule has 3 nitrogen and oxygen atoms in total. The second kappa shape index (κ2) is 6.32. The van der Waals surface area contributed by atoms with Crippen LogP contribution in [-0.2, 0) is 16.2 Å². The fraction of sp³-hybridized carbons (Fsp3) is 0.316. The van der Waals surface area contributed by atoms with Crippen LogP contribution >= 0.6 is 0 Å². The number of carbonyl (C=O) groups is 1. The van der Waals surface area contributed by atoms with Gasteiger partial charge in [0.15, 0.2) is 0 Å². The molecular formula is C19H21NO2. The number of hydrogen-bond acceptors (Lipinski definition) is 3. The van der Waals surface area contributed by atoms with Gasteiger partial charge in [-0.05, 0) is 17.0 Å². The predicted molar refractivity (Wildman–Crippen MR) is 85.6 cm³/mol. The van der Waals surface area contributed by atoms with Crippen molar-refractivity contribution in [3.63, 3.8) is 0 Å². The summed E-state index contributed by atoms with van der Waals surface area (Å²) in [5, 5.41) is 1.83. The quantitative estimate of drug-likeness (QED) is 0.854. The zero-order valence-corrected chi connectivity index (χ0v) is 13.0. The molecule has 1 aliphatic heterocycles. The lowest BCUT2D eigenvalue weighted by atomic mass is 9.85. The van der Waals surface area contributed by atoms with Gasteiger partial charge in [-0.2, -0.15) is 0 Å². The summed E-state index contributed by atoms with van der Waals surface area (Å²) in [4.78, 5) is 17.9. The van der Waals surface area contributed by atoms with Crippen molar-refractivity contribution in [1.82, 2.24) is 5.06 Å². The maximum absolute atomic E-state index is 12.3. The van der Waals surface area contributed by atoms with Crippen LogP contribution in [0.3, 0.4) is 0 Å². The number of benzene rings is 2. The largest absolute Gasteiger partial charge is 0.367 e. The van der Waals surface area contributed by atoms with Crippen molar-refractivity contribution >= 4 is 5.97 Å². The van der Waals surface area contributed by atoms with E-state index in [1.165, 1.54) is 0 Å². The Labute approximate surface area is 131 Å². The lowest BCUT2D eigenvalue weighted by Gasteiger charge is -2.25. The molecule has 1 fully saturated rings. The Morgan fingerprint density at radius 3 is 2.18 bits per heavy atom. The molecule has 1 heterocycles. The van der Waals surface area contributed by atoms with E-state index < -0.39 is 0 Å². The van der Waals surface area contributed by atoms with Crippen LogP contribution in [0.1, 0.15) is 31.0 Å². The van der Waals surface area contributed by atoms with E-state index in [1.54, 1.807) is 0 Å². The number of nitrogens with zero attached hydrogens (tertiary/aromatic N) is 1. The van der Waals surface area contributed by atoms with E-state index in [2.05, 4.69) is 38.1 Å². The van der Waals surface area contributed by atoms with E-state index in [0.29, 0.717) is 6.54 Å². The van der Waals surface area contributed by atoms with Gasteiger partial charge in [0.05, 0.1) is 18.5 Å². The van der Waals surface area contributed by atoms with Gasteiger partial charge in [0.25, 0.3) is 0 Å². The third kappa shape index (κ3) is 2.90. The molecule has 3 rings (SSSR count). The monoisotopic (exact) mass is 295 g/mol. The summed E-state index contributed by atoms with van der Waals surface area (Å²) >= 11 is 0. The highest BCUT2D eigenvalue weighted by Crippen LogP contribution is 2.40. The number of hydrogen-bond donors (Lipinski definition) is 0. The Morgan fingerprint density at radius 1 is 1.00 bits per heavy atom. The van der Waals surface area contributed by atoms with Gasteiger partial charge in [0, 0.05) is 0 Å². The maximum atomic E-state index is 12.3. The van der Waals surface area contributed by atoms with Gasteiger partial charge in [-0.1, -0.05) is 74.5 Å². The smallest absolute Gasteiger partial charge is 0.330 e. The van der Waals surface area contributed by atoms with Gasteiger partial charge in [-0.25, -0.2) is 4.79 Å². The van der Waals surface area contributed by atoms with Crippen molar-refractivity contribution in [3.8, 4) is 0 Å². The molecule has 0 aliphatic carbocycles. The van der Waals surface area contributed by atoms with Crippen LogP contribution in [0.4, 0.5) is 0 Å². The Hall–Kier alpha value is -2.13.